The molecule has 1 saturated heterocycles. The lowest BCUT2D eigenvalue weighted by molar-refractivity contribution is 0.0762. The van der Waals surface area contributed by atoms with E-state index < -0.39 is 21.4 Å². The van der Waals surface area contributed by atoms with Crippen LogP contribution in [-0.4, -0.2) is 36.5 Å². The molecule has 1 aliphatic rings. The van der Waals surface area contributed by atoms with Crippen molar-refractivity contribution >= 4 is 15.7 Å². The molecule has 5 nitrogen and oxygen atoms in total. The molecule has 0 aromatic heterocycles. The number of nitrogens with zero attached hydrogens (tertiary/aromatic N) is 1. The molecule has 1 aliphatic heterocycles. The van der Waals surface area contributed by atoms with Gasteiger partial charge in [0.25, 0.3) is 0 Å². The zero-order valence-corrected chi connectivity index (χ0v) is 10.7. The first-order valence-electron chi connectivity index (χ1n) is 5.50. The Bertz CT molecular complexity index is 572. The molecule has 7 heteroatoms. The highest BCUT2D eigenvalue weighted by molar-refractivity contribution is 7.89. The largest absolute Gasteiger partial charge is 0.398 e. The normalized spacial score (nSPS) is 25.5. The monoisotopic (exact) mass is 274 g/mol. The van der Waals surface area contributed by atoms with E-state index in [0.717, 1.165) is 22.5 Å². The number of benzene rings is 1. The first-order valence-corrected chi connectivity index (χ1v) is 6.94. The third-order valence-corrected chi connectivity index (χ3v) is 4.93. The van der Waals surface area contributed by atoms with Crippen LogP contribution in [0.1, 0.15) is 13.3 Å². The molecule has 1 unspecified atom stereocenters. The van der Waals surface area contributed by atoms with E-state index >= 15 is 0 Å². The van der Waals surface area contributed by atoms with Gasteiger partial charge in [-0.2, -0.15) is 4.31 Å². The summed E-state index contributed by atoms with van der Waals surface area (Å²) < 4.78 is 38.6. The number of anilines is 1. The summed E-state index contributed by atoms with van der Waals surface area (Å²) in [5, 5.41) is 9.79. The molecule has 0 bridgehead atoms. The fraction of sp³-hybridized carbons (Fsp3) is 0.455. The predicted octanol–water partition coefficient (Wildman–Crippen LogP) is 0.553. The summed E-state index contributed by atoms with van der Waals surface area (Å²) in [5.41, 5.74) is 4.38. The Morgan fingerprint density at radius 3 is 2.67 bits per heavy atom. The van der Waals surface area contributed by atoms with Crippen molar-refractivity contribution in [3.63, 3.8) is 0 Å². The van der Waals surface area contributed by atoms with Crippen LogP contribution in [0.4, 0.5) is 10.1 Å². The fourth-order valence-electron chi connectivity index (χ4n) is 2.00. The molecular formula is C11H15FN2O3S. The molecule has 1 aromatic rings. The Morgan fingerprint density at radius 1 is 1.50 bits per heavy atom. The minimum absolute atomic E-state index is 0.0200. The van der Waals surface area contributed by atoms with Gasteiger partial charge in [-0.25, -0.2) is 12.8 Å². The van der Waals surface area contributed by atoms with Crippen molar-refractivity contribution in [1.29, 1.82) is 0 Å². The van der Waals surface area contributed by atoms with Crippen LogP contribution in [0.2, 0.25) is 0 Å². The zero-order valence-electron chi connectivity index (χ0n) is 9.93. The van der Waals surface area contributed by atoms with E-state index in [1.807, 2.05) is 0 Å². The van der Waals surface area contributed by atoms with Crippen LogP contribution in [0.15, 0.2) is 23.1 Å². The lowest BCUT2D eigenvalue weighted by atomic mass is 10.1. The number of β-amino-alcohol motifs (C(OH)–C–C–N with tert-alkyl or cyclic N) is 1. The maximum atomic E-state index is 12.9. The first kappa shape index (κ1) is 13.3. The Labute approximate surface area is 105 Å². The van der Waals surface area contributed by atoms with Crippen molar-refractivity contribution in [2.24, 2.45) is 0 Å². The van der Waals surface area contributed by atoms with Gasteiger partial charge in [0.15, 0.2) is 0 Å². The predicted molar refractivity (Wildman–Crippen MR) is 64.8 cm³/mol. The highest BCUT2D eigenvalue weighted by atomic mass is 32.2. The summed E-state index contributed by atoms with van der Waals surface area (Å²) in [6, 6.07) is 3.17. The maximum absolute atomic E-state index is 12.9. The highest BCUT2D eigenvalue weighted by Crippen LogP contribution is 2.29. The molecule has 0 radical (unpaired) electrons. The topological polar surface area (TPSA) is 83.6 Å². The number of aliphatic hydroxyl groups is 1. The van der Waals surface area contributed by atoms with Gasteiger partial charge in [0.2, 0.25) is 10.0 Å². The average Bonchev–Trinajstić information content (AvgIpc) is 2.58. The number of nitrogens with two attached hydrogens (primary N) is 1. The molecule has 1 aromatic carbocycles. The van der Waals surface area contributed by atoms with Gasteiger partial charge in [0.05, 0.1) is 11.3 Å². The molecule has 18 heavy (non-hydrogen) atoms. The molecule has 100 valence electrons. The van der Waals surface area contributed by atoms with E-state index in [4.69, 9.17) is 5.73 Å². The number of hydrogen-bond acceptors (Lipinski definition) is 4. The summed E-state index contributed by atoms with van der Waals surface area (Å²) in [6.07, 6.45) is 0.368. The van der Waals surface area contributed by atoms with Crippen LogP contribution in [-0.2, 0) is 10.0 Å². The van der Waals surface area contributed by atoms with E-state index in [2.05, 4.69) is 0 Å². The Morgan fingerprint density at radius 2 is 2.17 bits per heavy atom. The van der Waals surface area contributed by atoms with E-state index in [0.29, 0.717) is 6.42 Å². The van der Waals surface area contributed by atoms with Crippen LogP contribution >= 0.6 is 0 Å². The van der Waals surface area contributed by atoms with Gasteiger partial charge in [0, 0.05) is 13.1 Å². The molecule has 0 amide bonds. The standard InChI is InChI=1S/C11H15FN2O3S/c1-11(15)4-5-14(7-11)18(16,17)10-3-2-8(12)6-9(10)13/h2-3,6,15H,4-5,7,13H2,1H3. The third-order valence-electron chi connectivity index (χ3n) is 3.01. The summed E-state index contributed by atoms with van der Waals surface area (Å²) in [4.78, 5) is -0.124. The van der Waals surface area contributed by atoms with E-state index in [1.54, 1.807) is 6.92 Å². The summed E-state index contributed by atoms with van der Waals surface area (Å²) in [5.74, 6) is -0.583. The fourth-order valence-corrected chi connectivity index (χ4v) is 3.66. The van der Waals surface area contributed by atoms with Gasteiger partial charge in [-0.3, -0.25) is 0 Å². The van der Waals surface area contributed by atoms with Crippen molar-refractivity contribution in [1.82, 2.24) is 4.31 Å². The lowest BCUT2D eigenvalue weighted by Gasteiger charge is -2.19. The summed E-state index contributed by atoms with van der Waals surface area (Å²) in [6.45, 7) is 1.83. The Hall–Kier alpha value is -1.18. The molecule has 3 N–H and O–H groups in total. The number of halogens is 1. The smallest absolute Gasteiger partial charge is 0.245 e. The molecule has 1 fully saturated rings. The number of sulfonamides is 1. The quantitative estimate of drug-likeness (QED) is 0.772. The van der Waals surface area contributed by atoms with Crippen molar-refractivity contribution in [3.8, 4) is 0 Å². The minimum atomic E-state index is -3.78. The number of rotatable bonds is 2. The Balaban J connectivity index is 2.38. The second-order valence-electron chi connectivity index (χ2n) is 4.77. The first-order chi connectivity index (χ1) is 8.22. The van der Waals surface area contributed by atoms with E-state index in [9.17, 15) is 17.9 Å². The molecular weight excluding hydrogens is 259 g/mol. The van der Waals surface area contributed by atoms with Crippen LogP contribution in [0.5, 0.6) is 0 Å². The van der Waals surface area contributed by atoms with Gasteiger partial charge in [0.1, 0.15) is 10.7 Å². The van der Waals surface area contributed by atoms with Gasteiger partial charge >= 0.3 is 0 Å². The number of nitrogen functional groups attached to an aromatic ring is 1. The third kappa shape index (κ3) is 2.33. The summed E-state index contributed by atoms with van der Waals surface area (Å²) in [7, 11) is -3.78. The van der Waals surface area contributed by atoms with Gasteiger partial charge in [-0.05, 0) is 31.5 Å². The van der Waals surface area contributed by atoms with Crippen molar-refractivity contribution in [2.75, 3.05) is 18.8 Å². The van der Waals surface area contributed by atoms with Gasteiger partial charge in [-0.15, -0.1) is 0 Å². The van der Waals surface area contributed by atoms with Gasteiger partial charge < -0.3 is 10.8 Å². The number of hydrogen-bond donors (Lipinski definition) is 2. The minimum Gasteiger partial charge on any atom is -0.398 e. The second-order valence-corrected chi connectivity index (χ2v) is 6.67. The molecule has 0 spiro atoms. The Kier molecular flexibility index (Phi) is 3.08. The summed E-state index contributed by atoms with van der Waals surface area (Å²) >= 11 is 0. The van der Waals surface area contributed by atoms with Gasteiger partial charge in [-0.1, -0.05) is 0 Å². The lowest BCUT2D eigenvalue weighted by Crippen LogP contribution is -2.34. The maximum Gasteiger partial charge on any atom is 0.245 e. The molecule has 1 atom stereocenters. The van der Waals surface area contributed by atoms with E-state index in [1.165, 1.54) is 0 Å². The van der Waals surface area contributed by atoms with Crippen molar-refractivity contribution in [2.45, 2.75) is 23.8 Å². The molecule has 0 saturated carbocycles. The molecule has 1 heterocycles. The van der Waals surface area contributed by atoms with E-state index in [-0.39, 0.29) is 23.7 Å². The highest BCUT2D eigenvalue weighted by Gasteiger charge is 2.39. The van der Waals surface area contributed by atoms with Crippen molar-refractivity contribution in [3.05, 3.63) is 24.0 Å². The van der Waals surface area contributed by atoms with Crippen LogP contribution in [0.3, 0.4) is 0 Å². The SMILES string of the molecule is CC1(O)CCN(S(=O)(=O)c2ccc(F)cc2N)C1. The van der Waals surface area contributed by atoms with Crippen molar-refractivity contribution < 1.29 is 17.9 Å². The molecule has 2 rings (SSSR count). The zero-order chi connectivity index (χ0) is 13.6. The average molecular weight is 274 g/mol. The second kappa shape index (κ2) is 4.18. The molecule has 0 aliphatic carbocycles. The van der Waals surface area contributed by atoms with Crippen LogP contribution in [0.25, 0.3) is 0 Å². The van der Waals surface area contributed by atoms with Crippen LogP contribution < -0.4 is 5.73 Å². The van der Waals surface area contributed by atoms with Crippen LogP contribution in [0, 0.1) is 5.82 Å².